The van der Waals surface area contributed by atoms with Gasteiger partial charge in [0.15, 0.2) is 0 Å². The summed E-state index contributed by atoms with van der Waals surface area (Å²) in [6, 6.07) is 3.22. The molecule has 160 valence electrons. The predicted octanol–water partition coefficient (Wildman–Crippen LogP) is 1.44. The Balaban J connectivity index is 2.43. The first-order chi connectivity index (χ1) is 13.6. The molecule has 29 heavy (non-hydrogen) atoms. The minimum atomic E-state index is -1.18. The van der Waals surface area contributed by atoms with Gasteiger partial charge >= 0.3 is 5.97 Å². The van der Waals surface area contributed by atoms with Crippen LogP contribution in [-0.4, -0.2) is 46.4 Å². The third kappa shape index (κ3) is 8.69. The highest BCUT2D eigenvalue weighted by molar-refractivity contribution is 5.96. The second-order valence-electron chi connectivity index (χ2n) is 7.19. The van der Waals surface area contributed by atoms with Crippen LogP contribution in [0.1, 0.15) is 49.9 Å². The van der Waals surface area contributed by atoms with Gasteiger partial charge < -0.3 is 21.5 Å². The van der Waals surface area contributed by atoms with E-state index in [9.17, 15) is 29.6 Å². The monoisotopic (exact) mass is 408 g/mol. The van der Waals surface area contributed by atoms with Crippen LogP contribution in [0.2, 0.25) is 0 Å². The fraction of sp³-hybridized carbons (Fsp3) is 0.526. The molecular formula is C19H28N4O6. The normalized spacial score (nSPS) is 12.8. The molecular weight excluding hydrogens is 380 g/mol. The Morgan fingerprint density at radius 3 is 2.31 bits per heavy atom. The highest BCUT2D eigenvalue weighted by atomic mass is 16.6. The molecule has 0 unspecified atom stereocenters. The van der Waals surface area contributed by atoms with E-state index in [1.807, 2.05) is 13.8 Å². The van der Waals surface area contributed by atoms with Gasteiger partial charge in [0.05, 0.1) is 11.0 Å². The summed E-state index contributed by atoms with van der Waals surface area (Å²) >= 11 is 0. The third-order valence-corrected chi connectivity index (χ3v) is 4.22. The molecule has 0 spiro atoms. The van der Waals surface area contributed by atoms with Gasteiger partial charge in [0.1, 0.15) is 6.04 Å². The molecule has 1 aromatic rings. The number of nitro benzene ring substituents is 1. The van der Waals surface area contributed by atoms with Crippen molar-refractivity contribution in [2.75, 3.05) is 6.54 Å². The van der Waals surface area contributed by atoms with Crippen LogP contribution >= 0.6 is 0 Å². The molecule has 10 nitrogen and oxygen atoms in total. The zero-order valence-electron chi connectivity index (χ0n) is 16.6. The maximum absolute atomic E-state index is 12.2. The van der Waals surface area contributed by atoms with Gasteiger partial charge in [-0.1, -0.05) is 13.8 Å². The number of carbonyl (C=O) groups is 3. The molecule has 0 bridgehead atoms. The Labute approximate surface area is 169 Å². The van der Waals surface area contributed by atoms with Crippen LogP contribution in [0.3, 0.4) is 0 Å². The molecule has 2 atom stereocenters. The van der Waals surface area contributed by atoms with Gasteiger partial charge in [0.25, 0.3) is 11.6 Å². The number of nitrogens with zero attached hydrogens (tertiary/aromatic N) is 1. The first-order valence-corrected chi connectivity index (χ1v) is 9.43. The van der Waals surface area contributed by atoms with Crippen LogP contribution in [0.15, 0.2) is 24.3 Å². The van der Waals surface area contributed by atoms with E-state index in [-0.39, 0.29) is 23.6 Å². The van der Waals surface area contributed by atoms with E-state index in [1.165, 1.54) is 24.3 Å². The summed E-state index contributed by atoms with van der Waals surface area (Å²) in [6.45, 7) is 4.32. The number of aliphatic carboxylic acids is 1. The number of carboxylic acids is 1. The van der Waals surface area contributed by atoms with Gasteiger partial charge in [-0.3, -0.25) is 19.7 Å². The zero-order valence-corrected chi connectivity index (χ0v) is 16.6. The zero-order chi connectivity index (χ0) is 22.0. The lowest BCUT2D eigenvalue weighted by Gasteiger charge is -2.16. The SMILES string of the molecule is CC(C)C[C@H](N)C(=O)NCCCC[C@@H](NC(=O)c1ccc([N+](=O)[O-])cc1)C(=O)O. The largest absolute Gasteiger partial charge is 0.480 e. The lowest BCUT2D eigenvalue weighted by molar-refractivity contribution is -0.384. The predicted molar refractivity (Wildman–Crippen MR) is 106 cm³/mol. The van der Waals surface area contributed by atoms with Gasteiger partial charge in [-0.15, -0.1) is 0 Å². The fourth-order valence-electron chi connectivity index (χ4n) is 2.66. The Bertz CT molecular complexity index is 720. The van der Waals surface area contributed by atoms with Gasteiger partial charge in [0, 0.05) is 24.2 Å². The Kier molecular flexibility index (Phi) is 9.73. The number of benzene rings is 1. The van der Waals surface area contributed by atoms with Crippen LogP contribution in [0.25, 0.3) is 0 Å². The number of unbranched alkanes of at least 4 members (excludes halogenated alkanes) is 1. The van der Waals surface area contributed by atoms with Crippen molar-refractivity contribution in [1.29, 1.82) is 0 Å². The molecule has 1 aromatic carbocycles. The highest BCUT2D eigenvalue weighted by Gasteiger charge is 2.21. The second kappa shape index (κ2) is 11.7. The van der Waals surface area contributed by atoms with Crippen molar-refractivity contribution >= 4 is 23.5 Å². The van der Waals surface area contributed by atoms with E-state index in [2.05, 4.69) is 10.6 Å². The number of nitro groups is 1. The average molecular weight is 408 g/mol. The molecule has 0 aliphatic rings. The molecule has 2 amide bonds. The topological polar surface area (TPSA) is 165 Å². The molecule has 1 rings (SSSR count). The maximum atomic E-state index is 12.2. The average Bonchev–Trinajstić information content (AvgIpc) is 2.65. The first kappa shape index (κ1) is 24.0. The molecule has 0 saturated heterocycles. The number of nitrogens with two attached hydrogens (primary N) is 1. The minimum absolute atomic E-state index is 0.133. The second-order valence-corrected chi connectivity index (χ2v) is 7.19. The third-order valence-electron chi connectivity index (χ3n) is 4.22. The molecule has 0 fully saturated rings. The van der Waals surface area contributed by atoms with Crippen molar-refractivity contribution in [2.24, 2.45) is 11.7 Å². The molecule has 0 saturated carbocycles. The van der Waals surface area contributed by atoms with E-state index in [0.717, 1.165) is 0 Å². The summed E-state index contributed by atoms with van der Waals surface area (Å²) in [5.41, 5.74) is 5.75. The number of carboxylic acid groups (broad SMARTS) is 1. The van der Waals surface area contributed by atoms with Gasteiger partial charge in [0.2, 0.25) is 5.91 Å². The van der Waals surface area contributed by atoms with E-state index in [0.29, 0.717) is 31.7 Å². The van der Waals surface area contributed by atoms with Crippen LogP contribution in [0.4, 0.5) is 5.69 Å². The molecule has 0 radical (unpaired) electrons. The van der Waals surface area contributed by atoms with Gasteiger partial charge in [-0.25, -0.2) is 4.79 Å². The van der Waals surface area contributed by atoms with E-state index < -0.39 is 28.9 Å². The van der Waals surface area contributed by atoms with Crippen molar-refractivity contribution in [3.05, 3.63) is 39.9 Å². The van der Waals surface area contributed by atoms with E-state index in [4.69, 9.17) is 5.73 Å². The van der Waals surface area contributed by atoms with Crippen molar-refractivity contribution in [1.82, 2.24) is 10.6 Å². The quantitative estimate of drug-likeness (QED) is 0.231. The number of nitrogens with one attached hydrogen (secondary N) is 2. The summed E-state index contributed by atoms with van der Waals surface area (Å²) in [6.07, 6.45) is 1.78. The number of rotatable bonds is 12. The lowest BCUT2D eigenvalue weighted by Crippen LogP contribution is -2.42. The summed E-state index contributed by atoms with van der Waals surface area (Å²) in [4.78, 5) is 45.4. The van der Waals surface area contributed by atoms with E-state index in [1.54, 1.807) is 0 Å². The maximum Gasteiger partial charge on any atom is 0.326 e. The van der Waals surface area contributed by atoms with Crippen molar-refractivity contribution < 1.29 is 24.4 Å². The Morgan fingerprint density at radius 2 is 1.79 bits per heavy atom. The first-order valence-electron chi connectivity index (χ1n) is 9.43. The van der Waals surface area contributed by atoms with Crippen LogP contribution in [0.5, 0.6) is 0 Å². The van der Waals surface area contributed by atoms with Crippen LogP contribution in [-0.2, 0) is 9.59 Å². The highest BCUT2D eigenvalue weighted by Crippen LogP contribution is 2.12. The molecule has 0 aliphatic carbocycles. The van der Waals surface area contributed by atoms with Crippen molar-refractivity contribution in [3.8, 4) is 0 Å². The molecule has 0 aliphatic heterocycles. The van der Waals surface area contributed by atoms with Crippen molar-refractivity contribution in [3.63, 3.8) is 0 Å². The molecule has 5 N–H and O–H groups in total. The summed E-state index contributed by atoms with van der Waals surface area (Å²) in [5, 5.41) is 25.1. The number of hydrogen-bond donors (Lipinski definition) is 4. The van der Waals surface area contributed by atoms with E-state index >= 15 is 0 Å². The van der Waals surface area contributed by atoms with Gasteiger partial charge in [-0.05, 0) is 43.7 Å². The lowest BCUT2D eigenvalue weighted by atomic mass is 10.0. The summed E-state index contributed by atoms with van der Waals surface area (Å²) < 4.78 is 0. The van der Waals surface area contributed by atoms with Crippen LogP contribution < -0.4 is 16.4 Å². The van der Waals surface area contributed by atoms with Crippen molar-refractivity contribution in [2.45, 2.75) is 51.6 Å². The fourth-order valence-corrected chi connectivity index (χ4v) is 2.66. The molecule has 10 heteroatoms. The standard InChI is InChI=1S/C19H28N4O6/c1-12(2)11-15(20)18(25)21-10-4-3-5-16(19(26)27)22-17(24)13-6-8-14(9-7-13)23(28)29/h6-9,12,15-16H,3-5,10-11,20H2,1-2H3,(H,21,25)(H,22,24)(H,26,27)/t15-,16+/m0/s1. The number of amides is 2. The molecule has 0 aromatic heterocycles. The Morgan fingerprint density at radius 1 is 1.17 bits per heavy atom. The number of hydrogen-bond acceptors (Lipinski definition) is 6. The number of non-ortho nitro benzene ring substituents is 1. The minimum Gasteiger partial charge on any atom is -0.480 e. The van der Waals surface area contributed by atoms with Crippen LogP contribution in [0, 0.1) is 16.0 Å². The summed E-state index contributed by atoms with van der Waals surface area (Å²) in [5.74, 6) is -1.73. The summed E-state index contributed by atoms with van der Waals surface area (Å²) in [7, 11) is 0. The Hall–Kier alpha value is -3.01. The van der Waals surface area contributed by atoms with Gasteiger partial charge in [-0.2, -0.15) is 0 Å². The smallest absolute Gasteiger partial charge is 0.326 e. The molecule has 0 heterocycles. The number of carbonyl (C=O) groups excluding carboxylic acids is 2.